The third kappa shape index (κ3) is 18.0. The molecule has 11 aromatic carbocycles. The van der Waals surface area contributed by atoms with Gasteiger partial charge in [-0.25, -0.2) is 59.8 Å². The van der Waals surface area contributed by atoms with E-state index in [9.17, 15) is 0 Å². The van der Waals surface area contributed by atoms with Crippen molar-refractivity contribution < 1.29 is 6.85 Å². The van der Waals surface area contributed by atoms with Gasteiger partial charge < -0.3 is 0 Å². The van der Waals surface area contributed by atoms with Crippen molar-refractivity contribution in [2.75, 3.05) is 0 Å². The van der Waals surface area contributed by atoms with Crippen LogP contribution in [0.4, 0.5) is 0 Å². The molecule has 1 aliphatic rings. The fraction of sp³-hybridized carbons (Fsp3) is 0.0288. The van der Waals surface area contributed by atoms with Gasteiger partial charge in [0.05, 0.1) is 34.8 Å². The van der Waals surface area contributed by atoms with Crippen LogP contribution in [0.15, 0.2) is 400 Å². The molecule has 21 aromatic rings. The summed E-state index contributed by atoms with van der Waals surface area (Å²) in [6, 6.07) is 105. The van der Waals surface area contributed by atoms with Gasteiger partial charge in [0.2, 0.25) is 0 Å². The van der Waals surface area contributed by atoms with E-state index in [4.69, 9.17) is 26.8 Å². The van der Waals surface area contributed by atoms with Crippen molar-refractivity contribution in [3.05, 3.63) is 411 Å². The van der Waals surface area contributed by atoms with Gasteiger partial charge in [-0.3, -0.25) is 15.0 Å². The summed E-state index contributed by atoms with van der Waals surface area (Å²) in [5.74, 6) is 1.33. The van der Waals surface area contributed by atoms with Gasteiger partial charge in [-0.1, -0.05) is 282 Å². The van der Waals surface area contributed by atoms with Crippen molar-refractivity contribution in [1.82, 2.24) is 74.8 Å². The summed E-state index contributed by atoms with van der Waals surface area (Å²) in [7, 11) is 0. The Morgan fingerprint density at radius 3 is 1.08 bits per heavy atom. The van der Waals surface area contributed by atoms with Crippen molar-refractivity contribution in [3.63, 3.8) is 0 Å². The van der Waals surface area contributed by atoms with Crippen LogP contribution in [0.5, 0.6) is 0 Å². The molecule has 22 rings (SSSR count). The van der Waals surface area contributed by atoms with Gasteiger partial charge in [0.25, 0.3) is 0 Å². The molecule has 15 nitrogen and oxygen atoms in total. The van der Waals surface area contributed by atoms with E-state index in [0.29, 0.717) is 43.4 Å². The molecule has 0 unspecified atom stereocenters. The molecule has 0 radical (unpaired) electrons. The maximum atomic E-state index is 8.04. The van der Waals surface area contributed by atoms with Crippen LogP contribution in [-0.2, 0) is 5.41 Å². The normalized spacial score (nSPS) is 12.1. The fourth-order valence-corrected chi connectivity index (χ4v) is 16.8. The van der Waals surface area contributed by atoms with Gasteiger partial charge in [-0.2, -0.15) is 0 Å². The average Bonchev–Trinajstić information content (AvgIpc) is 1.54. The highest BCUT2D eigenvalue weighted by atomic mass is 79.9. The summed E-state index contributed by atoms with van der Waals surface area (Å²) in [4.78, 5) is 67.7. The van der Waals surface area contributed by atoms with E-state index in [1.165, 1.54) is 33.4 Å². The van der Waals surface area contributed by atoms with Crippen molar-refractivity contribution in [1.29, 1.82) is 0 Å². The first-order valence-electron chi connectivity index (χ1n) is 41.8. The maximum absolute atomic E-state index is 8.04. The molecule has 10 aromatic heterocycles. The predicted molar refractivity (Wildman–Crippen MR) is 517 cm³/mol. The second kappa shape index (κ2) is 36.9. The van der Waals surface area contributed by atoms with Crippen LogP contribution in [0.1, 0.15) is 31.8 Å². The van der Waals surface area contributed by atoms with Crippen molar-refractivity contribution >= 4 is 135 Å². The molecule has 0 aliphatic heterocycles. The number of pyridine rings is 5. The first-order valence-corrected chi connectivity index (χ1v) is 43.2. The van der Waals surface area contributed by atoms with Gasteiger partial charge in [0.1, 0.15) is 33.6 Å². The summed E-state index contributed by atoms with van der Waals surface area (Å²) >= 11 is 17.0. The maximum Gasteiger partial charge on any atom is 0.197 e. The van der Waals surface area contributed by atoms with Crippen LogP contribution in [-0.4, -0.2) is 74.8 Å². The van der Waals surface area contributed by atoms with Crippen LogP contribution in [0.2, 0.25) is 0 Å². The fourth-order valence-electron chi connectivity index (χ4n) is 14.9. The molecule has 0 spiro atoms. The molecule has 0 atom stereocenters. The lowest BCUT2D eigenvalue weighted by Crippen LogP contribution is -2.15. The van der Waals surface area contributed by atoms with Crippen LogP contribution in [0.3, 0.4) is 0 Å². The van der Waals surface area contributed by atoms with Gasteiger partial charge in [-0.05, 0) is 213 Å². The number of nitrogens with zero attached hydrogens (tertiary/aromatic N) is 15. The zero-order valence-corrected chi connectivity index (χ0v) is 73.9. The SMILES string of the molecule is Brc1cccc(-c2nc(-c3cc(-c4ccccc4)cc(-c4ccccc4)c3)c3cccnc3n2)c1.Brc1nc(-c2ccc(-c3ccccc3)cc2)c2ncccc2n1.Brc1nc(-c2ccccc2)c2ncccc2n1.CC1(C)c2ccccc2-c2ccc(-c3nc(-c4cccc(Br)c4)nc4ncccc34)cc21.[2H]c1c([2H])c([2H])c(-c2nc(Br)nc3cccnc23)c([2H])c1[2H]. The van der Waals surface area contributed by atoms with Crippen LogP contribution in [0.25, 0.3) is 179 Å². The quantitative estimate of drug-likeness (QED) is 0.117. The number of benzene rings is 11. The Hall–Kier alpha value is -13.7. The molecule has 0 fully saturated rings. The van der Waals surface area contributed by atoms with Crippen LogP contribution in [0, 0.1) is 0 Å². The average molecular weight is 1930 g/mol. The van der Waals surface area contributed by atoms with E-state index in [2.05, 4.69) is 300 Å². The van der Waals surface area contributed by atoms with Gasteiger partial charge in [-0.15, -0.1) is 0 Å². The van der Waals surface area contributed by atoms with Gasteiger partial charge in [0.15, 0.2) is 37.1 Å². The summed E-state index contributed by atoms with van der Waals surface area (Å²) in [6.07, 6.45) is 8.62. The van der Waals surface area contributed by atoms with Crippen LogP contribution >= 0.6 is 79.6 Å². The summed E-state index contributed by atoms with van der Waals surface area (Å²) in [5, 5.41) is 1.88. The third-order valence-corrected chi connectivity index (χ3v) is 22.8. The highest BCUT2D eigenvalue weighted by molar-refractivity contribution is 9.11. The monoisotopic (exact) mass is 1930 g/mol. The Bertz CT molecular complexity index is 7730. The number of fused-ring (bicyclic) bond motifs is 8. The number of hydrogen-bond acceptors (Lipinski definition) is 15. The molecule has 0 amide bonds. The summed E-state index contributed by atoms with van der Waals surface area (Å²) < 4.78 is 42.7. The second-order valence-corrected chi connectivity index (χ2v) is 32.9. The Labute approximate surface area is 763 Å². The number of halogens is 5. The largest absolute Gasteiger partial charge is 0.252 e. The molecule has 1 aliphatic carbocycles. The smallest absolute Gasteiger partial charge is 0.197 e. The second-order valence-electron chi connectivity index (χ2n) is 29.0. The highest BCUT2D eigenvalue weighted by Gasteiger charge is 2.36. The Morgan fingerprint density at radius 2 is 0.605 bits per heavy atom. The van der Waals surface area contributed by atoms with E-state index in [0.717, 1.165) is 120 Å². The Morgan fingerprint density at radius 1 is 0.242 bits per heavy atom. The molecule has 0 N–H and O–H groups in total. The van der Waals surface area contributed by atoms with Crippen molar-refractivity contribution in [2.45, 2.75) is 19.3 Å². The van der Waals surface area contributed by atoms with Crippen LogP contribution < -0.4 is 0 Å². The summed E-state index contributed by atoms with van der Waals surface area (Å²) in [5.41, 5.74) is 27.6. The molecule has 10 heterocycles. The van der Waals surface area contributed by atoms with E-state index in [-0.39, 0.29) is 33.5 Å². The molecule has 0 bridgehead atoms. The van der Waals surface area contributed by atoms with E-state index < -0.39 is 18.1 Å². The molecule has 0 saturated carbocycles. The Kier molecular flexibility index (Phi) is 22.4. The molecule has 0 saturated heterocycles. The van der Waals surface area contributed by atoms with E-state index in [1.807, 2.05) is 152 Å². The van der Waals surface area contributed by atoms with E-state index >= 15 is 0 Å². The molecular formula is C104H68Br5N15. The van der Waals surface area contributed by atoms with Gasteiger partial charge in [0, 0.05) is 95.1 Å². The first-order chi connectivity index (χ1) is 62.8. The lowest BCUT2D eigenvalue weighted by Gasteiger charge is -2.22. The zero-order valence-electron chi connectivity index (χ0n) is 71.0. The standard InChI is InChI=1S/C31H20BrN3.C28H20BrN3.C19H12BrN3.2C13H8BrN3/c32-27-14-7-13-23(20-27)30-34-29(28-15-8-16-33-31(28)35-30)26-18-24(21-9-3-1-4-10-21)17-25(19-26)22-11-5-2-6-12-22;1-28(2)23-11-4-3-9-20(23)21-13-12-17(16-24(21)28)25-22-10-6-14-30-27(22)32-26(31-25)18-7-5-8-19(29)15-18;20-19-22-16-7-4-12-21-18(16)17(23-19)15-10-8-14(9-11-15)13-5-2-1-3-6-13;2*14-13-16-10-7-4-8-15-12(10)11(17-13)9-5-2-1-3-6-9/h1-20H;3-16H,1-2H3;1-12H;2*1-8H/i;;;1D,2D,3D,5D,6D;. The van der Waals surface area contributed by atoms with Gasteiger partial charge >= 0.3 is 0 Å². The lowest BCUT2D eigenvalue weighted by atomic mass is 9.82. The molecular weight excluding hydrogens is 1860 g/mol. The molecule has 124 heavy (non-hydrogen) atoms. The molecule has 20 heteroatoms. The number of rotatable bonds is 10. The lowest BCUT2D eigenvalue weighted by molar-refractivity contribution is 0.660. The predicted octanol–water partition coefficient (Wildman–Crippen LogP) is 27.9. The van der Waals surface area contributed by atoms with Crippen molar-refractivity contribution in [3.8, 4) is 124 Å². The van der Waals surface area contributed by atoms with Crippen molar-refractivity contribution in [2.24, 2.45) is 0 Å². The minimum atomic E-state index is -0.441. The van der Waals surface area contributed by atoms with E-state index in [1.54, 1.807) is 43.1 Å². The zero-order chi connectivity index (χ0) is 88.8. The minimum Gasteiger partial charge on any atom is -0.252 e. The number of aromatic nitrogens is 15. The summed E-state index contributed by atoms with van der Waals surface area (Å²) in [6.45, 7) is 4.60. The number of hydrogen-bond donors (Lipinski definition) is 0. The first kappa shape index (κ1) is 75.3. The Balaban J connectivity index is 0.000000111. The third-order valence-electron chi connectivity index (χ3n) is 20.7. The topological polar surface area (TPSA) is 193 Å². The highest BCUT2D eigenvalue weighted by Crippen LogP contribution is 2.50. The minimum absolute atomic E-state index is 0.0119. The molecule has 594 valence electrons.